The van der Waals surface area contributed by atoms with Crippen molar-refractivity contribution in [3.8, 4) is 11.5 Å². The summed E-state index contributed by atoms with van der Waals surface area (Å²) in [5, 5.41) is 0. The topological polar surface area (TPSA) is 27.7 Å². The molecule has 0 aromatic heterocycles. The van der Waals surface area contributed by atoms with Gasteiger partial charge in [0.1, 0.15) is 11.5 Å². The largest absolute Gasteiger partial charge is 0.462 e. The average molecular weight is 501 g/mol. The van der Waals surface area contributed by atoms with Crippen molar-refractivity contribution in [2.75, 3.05) is 7.11 Å². The number of hydrogen-bond acceptors (Lipinski definition) is 3. The van der Waals surface area contributed by atoms with Gasteiger partial charge in [0.05, 0.1) is 0 Å². The van der Waals surface area contributed by atoms with Crippen LogP contribution in [0.3, 0.4) is 0 Å². The van der Waals surface area contributed by atoms with Crippen molar-refractivity contribution in [3.05, 3.63) is 59.7 Å². The Labute approximate surface area is 217 Å². The van der Waals surface area contributed by atoms with E-state index in [-0.39, 0.29) is 0 Å². The molecule has 0 fully saturated rings. The van der Waals surface area contributed by atoms with Crippen LogP contribution in [0.2, 0.25) is 0 Å². The number of unbranched alkanes of at least 4 members (excludes halogenated alkanes) is 12. The van der Waals surface area contributed by atoms with Gasteiger partial charge in [0.25, 0.3) is 0 Å². The summed E-state index contributed by atoms with van der Waals surface area (Å²) in [6, 6.07) is 16.7. The van der Waals surface area contributed by atoms with Crippen molar-refractivity contribution >= 4 is 8.60 Å². The van der Waals surface area contributed by atoms with Gasteiger partial charge in [0.2, 0.25) is 0 Å². The Balaban J connectivity index is 1.84. The van der Waals surface area contributed by atoms with E-state index in [0.717, 1.165) is 24.3 Å². The van der Waals surface area contributed by atoms with Gasteiger partial charge in [-0.1, -0.05) is 127 Å². The SMILES string of the molecule is CCCCCCCCCc1ccccc1OP(OC)Oc1ccccc1CCCCCCCCC. The highest BCUT2D eigenvalue weighted by Gasteiger charge is 2.18. The van der Waals surface area contributed by atoms with E-state index in [9.17, 15) is 0 Å². The molecule has 3 nitrogen and oxygen atoms in total. The molecule has 0 unspecified atom stereocenters. The molecule has 35 heavy (non-hydrogen) atoms. The summed E-state index contributed by atoms with van der Waals surface area (Å²) in [7, 11) is 0.169. The van der Waals surface area contributed by atoms with E-state index in [0.29, 0.717) is 0 Å². The van der Waals surface area contributed by atoms with Gasteiger partial charge in [-0.15, -0.1) is 0 Å². The molecule has 2 aromatic rings. The van der Waals surface area contributed by atoms with Crippen molar-refractivity contribution in [2.45, 2.75) is 117 Å². The van der Waals surface area contributed by atoms with Crippen LogP contribution in [-0.2, 0) is 17.4 Å². The lowest BCUT2D eigenvalue weighted by Crippen LogP contribution is -2.02. The highest BCUT2D eigenvalue weighted by Crippen LogP contribution is 2.43. The molecule has 4 heteroatoms. The van der Waals surface area contributed by atoms with Crippen molar-refractivity contribution in [3.63, 3.8) is 0 Å². The van der Waals surface area contributed by atoms with Gasteiger partial charge in [0.15, 0.2) is 0 Å². The second kappa shape index (κ2) is 19.6. The fraction of sp³-hybridized carbons (Fsp3) is 0.613. The Morgan fingerprint density at radius 2 is 0.886 bits per heavy atom. The Morgan fingerprint density at radius 3 is 1.29 bits per heavy atom. The predicted octanol–water partition coefficient (Wildman–Crippen LogP) is 10.6. The minimum absolute atomic E-state index is 0.885. The third-order valence-electron chi connectivity index (χ3n) is 6.54. The van der Waals surface area contributed by atoms with Crippen LogP contribution in [0.1, 0.15) is 115 Å². The quantitative estimate of drug-likeness (QED) is 0.126. The highest BCUT2D eigenvalue weighted by atomic mass is 31.2. The van der Waals surface area contributed by atoms with Crippen LogP contribution < -0.4 is 9.05 Å². The lowest BCUT2D eigenvalue weighted by atomic mass is 10.0. The first-order chi connectivity index (χ1) is 17.3. The maximum atomic E-state index is 6.26. The molecule has 0 aliphatic rings. The lowest BCUT2D eigenvalue weighted by Gasteiger charge is -2.19. The molecule has 0 spiro atoms. The van der Waals surface area contributed by atoms with Gasteiger partial charge in [0, 0.05) is 7.11 Å². The van der Waals surface area contributed by atoms with Crippen molar-refractivity contribution in [1.82, 2.24) is 0 Å². The molecule has 2 aromatic carbocycles. The Morgan fingerprint density at radius 1 is 0.514 bits per heavy atom. The number of benzene rings is 2. The molecule has 0 saturated heterocycles. The third kappa shape index (κ3) is 12.8. The molecular weight excluding hydrogens is 451 g/mol. The fourth-order valence-electron chi connectivity index (χ4n) is 4.40. The van der Waals surface area contributed by atoms with Gasteiger partial charge in [-0.3, -0.25) is 4.52 Å². The average Bonchev–Trinajstić information content (AvgIpc) is 2.89. The summed E-state index contributed by atoms with van der Waals surface area (Å²) >= 11 is 0. The zero-order valence-corrected chi connectivity index (χ0v) is 23.5. The van der Waals surface area contributed by atoms with Crippen molar-refractivity contribution < 1.29 is 13.6 Å². The minimum atomic E-state index is -1.50. The first kappa shape index (κ1) is 29.7. The molecule has 2 rings (SSSR count). The maximum absolute atomic E-state index is 6.26. The number of rotatable bonds is 21. The van der Waals surface area contributed by atoms with E-state index in [1.807, 2.05) is 24.3 Å². The number of aryl methyl sites for hydroxylation is 2. The van der Waals surface area contributed by atoms with E-state index in [1.165, 1.54) is 101 Å². The summed E-state index contributed by atoms with van der Waals surface area (Å²) < 4.78 is 18.2. The lowest BCUT2D eigenvalue weighted by molar-refractivity contribution is 0.321. The molecule has 196 valence electrons. The first-order valence-corrected chi connectivity index (χ1v) is 15.2. The summed E-state index contributed by atoms with van der Waals surface area (Å²) in [5.41, 5.74) is 2.48. The standard InChI is InChI=1S/C31H49O3P/c1-4-6-8-10-12-14-16-22-28-24-18-20-26-30(28)33-35(32-3)34-31-27-21-19-25-29(31)23-17-15-13-11-9-7-5-2/h18-21,24-27H,4-17,22-23H2,1-3H3. The first-order valence-electron chi connectivity index (χ1n) is 14.1. The zero-order chi connectivity index (χ0) is 25.0. The molecular formula is C31H49O3P. The molecule has 0 N–H and O–H groups in total. The van der Waals surface area contributed by atoms with Gasteiger partial charge in [-0.2, -0.15) is 0 Å². The van der Waals surface area contributed by atoms with Gasteiger partial charge in [-0.25, -0.2) is 0 Å². The summed E-state index contributed by atoms with van der Waals surface area (Å²) in [4.78, 5) is 0. The van der Waals surface area contributed by atoms with Crippen LogP contribution in [0.4, 0.5) is 0 Å². The smallest absolute Gasteiger partial charge is 0.417 e. The second-order valence-electron chi connectivity index (χ2n) is 9.55. The second-order valence-corrected chi connectivity index (χ2v) is 10.7. The van der Waals surface area contributed by atoms with Crippen LogP contribution >= 0.6 is 8.60 Å². The van der Waals surface area contributed by atoms with Crippen molar-refractivity contribution in [2.24, 2.45) is 0 Å². The van der Waals surface area contributed by atoms with Crippen molar-refractivity contribution in [1.29, 1.82) is 0 Å². The van der Waals surface area contributed by atoms with E-state index >= 15 is 0 Å². The molecule has 0 heterocycles. The monoisotopic (exact) mass is 500 g/mol. The van der Waals surface area contributed by atoms with E-state index in [2.05, 4.69) is 38.1 Å². The molecule has 0 radical (unpaired) electrons. The Bertz CT molecular complexity index is 716. The van der Waals surface area contributed by atoms with Gasteiger partial charge < -0.3 is 9.05 Å². The summed E-state index contributed by atoms with van der Waals surface area (Å²) in [6.07, 6.45) is 20.4. The van der Waals surface area contributed by atoms with Gasteiger partial charge >= 0.3 is 8.60 Å². The molecule has 0 aliphatic heterocycles. The zero-order valence-electron chi connectivity index (χ0n) is 22.6. The van der Waals surface area contributed by atoms with E-state index in [1.54, 1.807) is 7.11 Å². The van der Waals surface area contributed by atoms with E-state index < -0.39 is 8.60 Å². The molecule has 0 aliphatic carbocycles. The van der Waals surface area contributed by atoms with E-state index in [4.69, 9.17) is 13.6 Å². The highest BCUT2D eigenvalue weighted by molar-refractivity contribution is 7.42. The number of para-hydroxylation sites is 2. The van der Waals surface area contributed by atoms with Crippen LogP contribution in [0.5, 0.6) is 11.5 Å². The van der Waals surface area contributed by atoms with Gasteiger partial charge in [-0.05, 0) is 48.9 Å². The maximum Gasteiger partial charge on any atom is 0.462 e. The van der Waals surface area contributed by atoms with Crippen LogP contribution in [-0.4, -0.2) is 7.11 Å². The third-order valence-corrected chi connectivity index (χ3v) is 7.53. The summed E-state index contributed by atoms with van der Waals surface area (Å²) in [5.74, 6) is 1.77. The minimum Gasteiger partial charge on any atom is -0.417 e. The molecule has 0 saturated carbocycles. The Hall–Kier alpha value is -1.57. The molecule has 0 atom stereocenters. The molecule has 0 bridgehead atoms. The van der Waals surface area contributed by atoms with Crippen LogP contribution in [0.25, 0.3) is 0 Å². The normalized spacial score (nSPS) is 11.2. The number of hydrogen-bond donors (Lipinski definition) is 0. The van der Waals surface area contributed by atoms with Crippen LogP contribution in [0.15, 0.2) is 48.5 Å². The van der Waals surface area contributed by atoms with Crippen LogP contribution in [0, 0.1) is 0 Å². The molecule has 0 amide bonds. The summed E-state index contributed by atoms with van der Waals surface area (Å²) in [6.45, 7) is 4.54. The predicted molar refractivity (Wildman–Crippen MR) is 151 cm³/mol. The Kier molecular flexibility index (Phi) is 16.6. The fourth-order valence-corrected chi connectivity index (χ4v) is 5.26.